The van der Waals surface area contributed by atoms with Crippen LogP contribution in [-0.4, -0.2) is 31.7 Å². The quantitative estimate of drug-likeness (QED) is 0.482. The molecule has 0 unspecified atom stereocenters. The number of hydrogen-bond acceptors (Lipinski definition) is 7. The van der Waals surface area contributed by atoms with E-state index in [1.165, 1.54) is 0 Å². The third-order valence-electron chi connectivity index (χ3n) is 3.84. The van der Waals surface area contributed by atoms with E-state index >= 15 is 0 Å². The van der Waals surface area contributed by atoms with E-state index in [1.54, 1.807) is 34.7 Å². The first kappa shape index (κ1) is 17.0. The van der Waals surface area contributed by atoms with E-state index in [-0.39, 0.29) is 0 Å². The topological polar surface area (TPSA) is 65.2 Å². The average Bonchev–Trinajstić information content (AvgIpc) is 3.26. The van der Waals surface area contributed by atoms with Gasteiger partial charge in [-0.2, -0.15) is 4.98 Å². The number of aromatic nitrogens is 5. The highest BCUT2D eigenvalue weighted by Gasteiger charge is 2.12. The van der Waals surface area contributed by atoms with Crippen molar-refractivity contribution in [2.45, 2.75) is 24.8 Å². The van der Waals surface area contributed by atoms with Crippen molar-refractivity contribution in [3.8, 4) is 16.3 Å². The molecule has 0 bridgehead atoms. The number of benzene rings is 1. The predicted octanol–water partition coefficient (Wildman–Crippen LogP) is 4.17. The van der Waals surface area contributed by atoms with Crippen molar-refractivity contribution in [1.29, 1.82) is 0 Å². The minimum Gasteiger partial charge on any atom is -0.496 e. The summed E-state index contributed by atoms with van der Waals surface area (Å²) in [6.45, 7) is 3.97. The zero-order valence-corrected chi connectivity index (χ0v) is 16.3. The van der Waals surface area contributed by atoms with Crippen molar-refractivity contribution in [3.63, 3.8) is 0 Å². The van der Waals surface area contributed by atoms with E-state index in [2.05, 4.69) is 20.4 Å². The molecule has 0 aliphatic rings. The van der Waals surface area contributed by atoms with E-state index in [0.717, 1.165) is 33.4 Å². The molecule has 0 spiro atoms. The second-order valence-corrected chi connectivity index (χ2v) is 7.58. The molecule has 4 rings (SSSR count). The summed E-state index contributed by atoms with van der Waals surface area (Å²) in [4.78, 5) is 13.7. The van der Waals surface area contributed by atoms with Gasteiger partial charge in [-0.05, 0) is 32.0 Å². The lowest BCUT2D eigenvalue weighted by Crippen LogP contribution is -1.97. The Morgan fingerprint density at radius 2 is 2.00 bits per heavy atom. The second-order valence-electron chi connectivity index (χ2n) is 5.78. The molecule has 0 saturated heterocycles. The number of ether oxygens (including phenoxy) is 1. The third kappa shape index (κ3) is 3.30. The van der Waals surface area contributed by atoms with Crippen molar-refractivity contribution in [2.24, 2.45) is 0 Å². The van der Waals surface area contributed by atoms with Crippen molar-refractivity contribution < 1.29 is 4.74 Å². The molecule has 0 aliphatic heterocycles. The second kappa shape index (κ2) is 7.05. The Labute approximate surface area is 159 Å². The average molecular weight is 384 g/mol. The molecule has 26 heavy (non-hydrogen) atoms. The number of rotatable bonds is 5. The molecule has 132 valence electrons. The summed E-state index contributed by atoms with van der Waals surface area (Å²) in [5.74, 6) is 2.18. The van der Waals surface area contributed by atoms with Gasteiger partial charge in [0, 0.05) is 22.5 Å². The molecule has 3 aromatic heterocycles. The summed E-state index contributed by atoms with van der Waals surface area (Å²) in [7, 11) is 1.68. The van der Waals surface area contributed by atoms with Crippen LogP contribution in [0, 0.1) is 13.8 Å². The van der Waals surface area contributed by atoms with E-state index in [4.69, 9.17) is 9.72 Å². The summed E-state index contributed by atoms with van der Waals surface area (Å²) in [5.41, 5.74) is 3.98. The van der Waals surface area contributed by atoms with Crippen LogP contribution in [0.4, 0.5) is 0 Å². The molecule has 0 atom stereocenters. The number of methoxy groups -OCH3 is 1. The van der Waals surface area contributed by atoms with Gasteiger partial charge in [-0.3, -0.25) is 0 Å². The molecular weight excluding hydrogens is 366 g/mol. The molecule has 1 aromatic carbocycles. The van der Waals surface area contributed by atoms with Gasteiger partial charge in [0.05, 0.1) is 18.4 Å². The molecule has 8 heteroatoms. The number of aryl methyl sites for hydroxylation is 2. The van der Waals surface area contributed by atoms with E-state index in [1.807, 2.05) is 44.2 Å². The molecule has 0 fully saturated rings. The van der Waals surface area contributed by atoms with Gasteiger partial charge in [0.25, 0.3) is 5.78 Å². The Hall–Kier alpha value is -2.45. The van der Waals surface area contributed by atoms with Gasteiger partial charge in [0.2, 0.25) is 5.16 Å². The fraction of sp³-hybridized carbons (Fsp3) is 0.222. The van der Waals surface area contributed by atoms with Gasteiger partial charge in [-0.25, -0.2) is 14.5 Å². The van der Waals surface area contributed by atoms with Crippen molar-refractivity contribution >= 4 is 28.9 Å². The summed E-state index contributed by atoms with van der Waals surface area (Å²) >= 11 is 3.18. The number of thiazole rings is 1. The maximum Gasteiger partial charge on any atom is 0.253 e. The summed E-state index contributed by atoms with van der Waals surface area (Å²) in [6, 6.07) is 9.92. The minimum absolute atomic E-state index is 0.637. The van der Waals surface area contributed by atoms with Gasteiger partial charge in [-0.15, -0.1) is 16.4 Å². The van der Waals surface area contributed by atoms with E-state index in [9.17, 15) is 0 Å². The van der Waals surface area contributed by atoms with Crippen LogP contribution >= 0.6 is 23.1 Å². The van der Waals surface area contributed by atoms with Gasteiger partial charge in [-0.1, -0.05) is 23.9 Å². The highest BCUT2D eigenvalue weighted by Crippen LogP contribution is 2.33. The molecule has 4 aromatic rings. The SMILES string of the molecule is COc1ccccc1-c1nc(CSc2nc3nc(C)cc(C)n3n2)cs1. The van der Waals surface area contributed by atoms with Crippen LogP contribution in [0.2, 0.25) is 0 Å². The Morgan fingerprint density at radius 1 is 1.15 bits per heavy atom. The fourth-order valence-corrected chi connectivity index (χ4v) is 4.33. The van der Waals surface area contributed by atoms with E-state index < -0.39 is 0 Å². The normalized spacial score (nSPS) is 11.2. The first-order valence-electron chi connectivity index (χ1n) is 8.05. The fourth-order valence-electron chi connectivity index (χ4n) is 2.67. The Balaban J connectivity index is 1.52. The van der Waals surface area contributed by atoms with Crippen LogP contribution in [-0.2, 0) is 5.75 Å². The van der Waals surface area contributed by atoms with Crippen molar-refractivity contribution in [2.75, 3.05) is 7.11 Å². The summed E-state index contributed by atoms with van der Waals surface area (Å²) in [6.07, 6.45) is 0. The number of hydrogen-bond donors (Lipinski definition) is 0. The zero-order valence-electron chi connectivity index (χ0n) is 14.6. The standard InChI is InChI=1S/C18H17N5OS2/c1-11-8-12(2)23-17(19-11)21-18(22-23)26-10-13-9-25-16(20-13)14-6-4-5-7-15(14)24-3/h4-9H,10H2,1-3H3. The summed E-state index contributed by atoms with van der Waals surface area (Å²) in [5, 5.41) is 8.25. The Kier molecular flexibility index (Phi) is 4.60. The molecule has 0 radical (unpaired) electrons. The summed E-state index contributed by atoms with van der Waals surface area (Å²) < 4.78 is 7.20. The van der Waals surface area contributed by atoms with Gasteiger partial charge < -0.3 is 4.74 Å². The predicted molar refractivity (Wildman–Crippen MR) is 104 cm³/mol. The molecule has 0 saturated carbocycles. The molecule has 3 heterocycles. The van der Waals surface area contributed by atoms with Crippen molar-refractivity contribution in [1.82, 2.24) is 24.6 Å². The lowest BCUT2D eigenvalue weighted by atomic mass is 10.2. The lowest BCUT2D eigenvalue weighted by Gasteiger charge is -2.04. The van der Waals surface area contributed by atoms with Crippen LogP contribution in [0.15, 0.2) is 40.9 Å². The smallest absolute Gasteiger partial charge is 0.253 e. The number of nitrogens with zero attached hydrogens (tertiary/aromatic N) is 5. The highest BCUT2D eigenvalue weighted by molar-refractivity contribution is 7.98. The first-order chi connectivity index (χ1) is 12.6. The lowest BCUT2D eigenvalue weighted by molar-refractivity contribution is 0.416. The number of thioether (sulfide) groups is 1. The maximum absolute atomic E-state index is 5.42. The molecule has 0 N–H and O–H groups in total. The first-order valence-corrected chi connectivity index (χ1v) is 9.92. The number of para-hydroxylation sites is 1. The van der Waals surface area contributed by atoms with Crippen LogP contribution in [0.3, 0.4) is 0 Å². The molecular formula is C18H17N5OS2. The van der Waals surface area contributed by atoms with Crippen LogP contribution < -0.4 is 4.74 Å². The maximum atomic E-state index is 5.42. The van der Waals surface area contributed by atoms with Crippen LogP contribution in [0.1, 0.15) is 17.1 Å². The number of fused-ring (bicyclic) bond motifs is 1. The third-order valence-corrected chi connectivity index (χ3v) is 5.63. The monoisotopic (exact) mass is 383 g/mol. The van der Waals surface area contributed by atoms with Gasteiger partial charge in [0.15, 0.2) is 0 Å². The largest absolute Gasteiger partial charge is 0.496 e. The van der Waals surface area contributed by atoms with Crippen LogP contribution in [0.25, 0.3) is 16.3 Å². The Bertz CT molecular complexity index is 1070. The van der Waals surface area contributed by atoms with Crippen LogP contribution in [0.5, 0.6) is 5.75 Å². The van der Waals surface area contributed by atoms with Gasteiger partial charge in [0.1, 0.15) is 10.8 Å². The highest BCUT2D eigenvalue weighted by atomic mass is 32.2. The molecule has 0 aliphatic carbocycles. The van der Waals surface area contributed by atoms with Crippen molar-refractivity contribution in [3.05, 3.63) is 52.8 Å². The van der Waals surface area contributed by atoms with Gasteiger partial charge >= 0.3 is 0 Å². The Morgan fingerprint density at radius 3 is 2.85 bits per heavy atom. The molecule has 6 nitrogen and oxygen atoms in total. The zero-order chi connectivity index (χ0) is 18.1. The van der Waals surface area contributed by atoms with E-state index in [0.29, 0.717) is 16.7 Å². The molecule has 0 amide bonds. The minimum atomic E-state index is 0.637.